The lowest BCUT2D eigenvalue weighted by atomic mass is 9.97. The van der Waals surface area contributed by atoms with E-state index >= 15 is 0 Å². The van der Waals surface area contributed by atoms with Gasteiger partial charge in [0.15, 0.2) is 0 Å². The van der Waals surface area contributed by atoms with Crippen molar-refractivity contribution < 1.29 is 9.72 Å². The van der Waals surface area contributed by atoms with E-state index in [1.165, 1.54) is 19.1 Å². The highest BCUT2D eigenvalue weighted by molar-refractivity contribution is 6.31. The zero-order valence-corrected chi connectivity index (χ0v) is 9.82. The van der Waals surface area contributed by atoms with Gasteiger partial charge in [-0.15, -0.1) is 0 Å². The normalized spacial score (nSPS) is 12.2. The minimum absolute atomic E-state index is 0.00535. The van der Waals surface area contributed by atoms with Crippen LogP contribution in [-0.2, 0) is 11.2 Å². The molecule has 0 radical (unpaired) electrons. The third-order valence-electron chi connectivity index (χ3n) is 2.50. The van der Waals surface area contributed by atoms with E-state index in [1.54, 1.807) is 13.0 Å². The van der Waals surface area contributed by atoms with Crippen molar-refractivity contribution in [1.29, 1.82) is 0 Å². The number of hydrogen-bond acceptors (Lipinski definition) is 3. The van der Waals surface area contributed by atoms with Gasteiger partial charge in [-0.1, -0.05) is 24.6 Å². The Morgan fingerprint density at radius 3 is 2.69 bits per heavy atom. The molecule has 1 aromatic rings. The molecule has 0 spiro atoms. The fraction of sp³-hybridized carbons (Fsp3) is 0.364. The highest BCUT2D eigenvalue weighted by Gasteiger charge is 2.20. The first kappa shape index (κ1) is 12.6. The van der Waals surface area contributed by atoms with E-state index in [1.807, 2.05) is 0 Å². The molecule has 1 aromatic carbocycles. The average Bonchev–Trinajstić information content (AvgIpc) is 2.20. The van der Waals surface area contributed by atoms with Gasteiger partial charge in [-0.2, -0.15) is 0 Å². The summed E-state index contributed by atoms with van der Waals surface area (Å²) < 4.78 is 0. The Hall–Kier alpha value is -1.42. The molecule has 1 rings (SSSR count). The van der Waals surface area contributed by atoms with Crippen molar-refractivity contribution in [3.8, 4) is 0 Å². The lowest BCUT2D eigenvalue weighted by Crippen LogP contribution is -2.11. The number of nitro groups is 1. The van der Waals surface area contributed by atoms with Crippen molar-refractivity contribution in [2.75, 3.05) is 0 Å². The number of carbonyl (C=O) groups excluding carboxylic acids is 1. The number of Topliss-reactive ketones (excluding diaryl/α,β-unsaturated/α-hetero) is 1. The molecule has 0 aliphatic carbocycles. The van der Waals surface area contributed by atoms with Crippen LogP contribution in [0.2, 0.25) is 5.02 Å². The minimum atomic E-state index is -0.478. The summed E-state index contributed by atoms with van der Waals surface area (Å²) in [6.45, 7) is 3.20. The van der Waals surface area contributed by atoms with Crippen molar-refractivity contribution in [2.45, 2.75) is 20.3 Å². The van der Waals surface area contributed by atoms with Gasteiger partial charge in [0, 0.05) is 17.5 Å². The summed E-state index contributed by atoms with van der Waals surface area (Å²) in [4.78, 5) is 21.4. The summed E-state index contributed by atoms with van der Waals surface area (Å²) >= 11 is 5.91. The first-order chi connectivity index (χ1) is 7.43. The molecule has 86 valence electrons. The quantitative estimate of drug-likeness (QED) is 0.601. The van der Waals surface area contributed by atoms with Crippen molar-refractivity contribution in [1.82, 2.24) is 0 Å². The predicted octanol–water partition coefficient (Wildman–Crippen LogP) is 3.02. The molecular weight excluding hydrogens is 230 g/mol. The first-order valence-corrected chi connectivity index (χ1v) is 5.23. The van der Waals surface area contributed by atoms with E-state index in [0.717, 1.165) is 0 Å². The second kappa shape index (κ2) is 5.07. The first-order valence-electron chi connectivity index (χ1n) is 4.85. The Labute approximate surface area is 98.4 Å². The Bertz CT molecular complexity index is 431. The average molecular weight is 242 g/mol. The van der Waals surface area contributed by atoms with Crippen molar-refractivity contribution in [2.24, 2.45) is 5.92 Å². The lowest BCUT2D eigenvalue weighted by molar-refractivity contribution is -0.385. The Morgan fingerprint density at radius 2 is 2.19 bits per heavy atom. The maximum absolute atomic E-state index is 11.1. The molecule has 0 aliphatic rings. The molecule has 4 nitrogen and oxygen atoms in total. The van der Waals surface area contributed by atoms with Gasteiger partial charge in [0.1, 0.15) is 5.78 Å². The molecule has 0 heterocycles. The van der Waals surface area contributed by atoms with Gasteiger partial charge < -0.3 is 0 Å². The molecular formula is C11H12ClNO3. The Morgan fingerprint density at radius 1 is 1.56 bits per heavy atom. The molecule has 0 amide bonds. The number of benzene rings is 1. The zero-order valence-electron chi connectivity index (χ0n) is 9.07. The number of nitro benzene ring substituents is 1. The van der Waals surface area contributed by atoms with Crippen LogP contribution in [-0.4, -0.2) is 10.7 Å². The molecule has 16 heavy (non-hydrogen) atoms. The van der Waals surface area contributed by atoms with Crippen LogP contribution >= 0.6 is 11.6 Å². The highest BCUT2D eigenvalue weighted by Crippen LogP contribution is 2.28. The zero-order chi connectivity index (χ0) is 12.3. The SMILES string of the molecule is CC(=O)C(C)Cc1c(Cl)cccc1[N+](=O)[O-]. The number of rotatable bonds is 4. The number of halogens is 1. The van der Waals surface area contributed by atoms with E-state index < -0.39 is 4.92 Å². The van der Waals surface area contributed by atoms with Crippen molar-refractivity contribution >= 4 is 23.1 Å². The van der Waals surface area contributed by atoms with Crippen molar-refractivity contribution in [3.63, 3.8) is 0 Å². The molecule has 0 fully saturated rings. The number of ketones is 1. The Kier molecular flexibility index (Phi) is 4.01. The second-order valence-corrected chi connectivity index (χ2v) is 4.12. The summed E-state index contributed by atoms with van der Waals surface area (Å²) in [7, 11) is 0. The van der Waals surface area contributed by atoms with Gasteiger partial charge in [-0.25, -0.2) is 0 Å². The maximum atomic E-state index is 11.1. The molecule has 0 aromatic heterocycles. The van der Waals surface area contributed by atoms with Gasteiger partial charge >= 0.3 is 0 Å². The fourth-order valence-corrected chi connectivity index (χ4v) is 1.62. The van der Waals surface area contributed by atoms with Crippen molar-refractivity contribution in [3.05, 3.63) is 38.9 Å². The fourth-order valence-electron chi connectivity index (χ4n) is 1.37. The summed E-state index contributed by atoms with van der Waals surface area (Å²) in [5, 5.41) is 11.1. The highest BCUT2D eigenvalue weighted by atomic mass is 35.5. The number of nitrogens with zero attached hydrogens (tertiary/aromatic N) is 1. The van der Waals surface area contributed by atoms with Crippen LogP contribution in [0.15, 0.2) is 18.2 Å². The molecule has 0 aliphatic heterocycles. The molecule has 0 saturated heterocycles. The summed E-state index contributed by atoms with van der Waals surface area (Å²) in [6.07, 6.45) is 0.297. The minimum Gasteiger partial charge on any atom is -0.300 e. The number of carbonyl (C=O) groups is 1. The molecule has 0 saturated carbocycles. The van der Waals surface area contributed by atoms with Crippen LogP contribution in [0.4, 0.5) is 5.69 Å². The maximum Gasteiger partial charge on any atom is 0.274 e. The summed E-state index contributed by atoms with van der Waals surface area (Å²) in [5.41, 5.74) is 0.400. The van der Waals surface area contributed by atoms with E-state index in [-0.39, 0.29) is 17.4 Å². The smallest absolute Gasteiger partial charge is 0.274 e. The van der Waals surface area contributed by atoms with E-state index in [2.05, 4.69) is 0 Å². The second-order valence-electron chi connectivity index (χ2n) is 3.71. The van der Waals surface area contributed by atoms with Crippen LogP contribution in [0.25, 0.3) is 0 Å². The van der Waals surface area contributed by atoms with Gasteiger partial charge in [0.2, 0.25) is 0 Å². The lowest BCUT2D eigenvalue weighted by Gasteiger charge is -2.09. The van der Waals surface area contributed by atoms with Gasteiger partial charge in [-0.3, -0.25) is 14.9 Å². The summed E-state index contributed by atoms with van der Waals surface area (Å²) in [5.74, 6) is -0.271. The molecule has 5 heteroatoms. The van der Waals surface area contributed by atoms with E-state index in [0.29, 0.717) is 17.0 Å². The van der Waals surface area contributed by atoms with Gasteiger partial charge in [0.05, 0.1) is 9.95 Å². The largest absolute Gasteiger partial charge is 0.300 e. The predicted molar refractivity (Wildman–Crippen MR) is 61.7 cm³/mol. The molecule has 0 N–H and O–H groups in total. The van der Waals surface area contributed by atoms with Crippen LogP contribution < -0.4 is 0 Å². The van der Waals surface area contributed by atoms with Crippen LogP contribution in [0.3, 0.4) is 0 Å². The van der Waals surface area contributed by atoms with E-state index in [9.17, 15) is 14.9 Å². The number of hydrogen-bond donors (Lipinski definition) is 0. The molecule has 1 unspecified atom stereocenters. The topological polar surface area (TPSA) is 60.2 Å². The van der Waals surface area contributed by atoms with Crippen LogP contribution in [0.1, 0.15) is 19.4 Å². The monoisotopic (exact) mass is 241 g/mol. The van der Waals surface area contributed by atoms with Gasteiger partial charge in [-0.05, 0) is 19.4 Å². The standard InChI is InChI=1S/C11H12ClNO3/c1-7(8(2)14)6-9-10(12)4-3-5-11(9)13(15)16/h3-5,7H,6H2,1-2H3. The van der Waals surface area contributed by atoms with Crippen LogP contribution in [0, 0.1) is 16.0 Å². The Balaban J connectivity index is 3.11. The molecule has 0 bridgehead atoms. The third kappa shape index (κ3) is 2.79. The third-order valence-corrected chi connectivity index (χ3v) is 2.85. The van der Waals surface area contributed by atoms with Gasteiger partial charge in [0.25, 0.3) is 5.69 Å². The van der Waals surface area contributed by atoms with Crippen LogP contribution in [0.5, 0.6) is 0 Å². The molecule has 1 atom stereocenters. The van der Waals surface area contributed by atoms with E-state index in [4.69, 9.17) is 11.6 Å². The summed E-state index contributed by atoms with van der Waals surface area (Å²) in [6, 6.07) is 4.52.